The molecule has 0 unspecified atom stereocenters. The van der Waals surface area contributed by atoms with Crippen molar-refractivity contribution in [3.8, 4) is 0 Å². The summed E-state index contributed by atoms with van der Waals surface area (Å²) in [4.78, 5) is 52.0. The number of esters is 3. The molecule has 2 saturated heterocycles. The van der Waals surface area contributed by atoms with Gasteiger partial charge in [-0.1, -0.05) is 32.6 Å². The largest absolute Gasteiger partial charge is 0.459 e. The molecule has 0 aromatic heterocycles. The second-order valence-electron chi connectivity index (χ2n) is 11.9. The molecule has 7 atom stereocenters. The van der Waals surface area contributed by atoms with Crippen molar-refractivity contribution in [2.45, 2.75) is 134 Å². The predicted molar refractivity (Wildman–Crippen MR) is 133 cm³/mol. The van der Waals surface area contributed by atoms with E-state index in [9.17, 15) is 24.3 Å². The molecule has 3 fully saturated rings. The Morgan fingerprint density at radius 1 is 1.08 bits per heavy atom. The number of ether oxygens (including phenoxy) is 5. The van der Waals surface area contributed by atoms with Crippen molar-refractivity contribution >= 4 is 23.7 Å². The lowest BCUT2D eigenvalue weighted by Crippen LogP contribution is -2.72. The van der Waals surface area contributed by atoms with Gasteiger partial charge in [0.2, 0.25) is 5.60 Å². The predicted octanol–water partition coefficient (Wildman–Crippen LogP) is 3.07. The summed E-state index contributed by atoms with van der Waals surface area (Å²) in [6, 6.07) is 0. The number of carbonyl (C=O) groups is 4. The van der Waals surface area contributed by atoms with Gasteiger partial charge in [-0.15, -0.1) is 0 Å². The molecular weight excluding hydrogens is 496 g/mol. The number of ketones is 1. The molecule has 1 N–H and O–H groups in total. The minimum Gasteiger partial charge on any atom is -0.459 e. The molecule has 212 valence electrons. The van der Waals surface area contributed by atoms with Crippen molar-refractivity contribution in [1.29, 1.82) is 0 Å². The Balaban J connectivity index is 1.75. The van der Waals surface area contributed by atoms with Crippen LogP contribution in [0.15, 0.2) is 11.1 Å². The average molecular weight is 537 g/mol. The second kappa shape index (κ2) is 9.71. The Kier molecular flexibility index (Phi) is 7.34. The summed E-state index contributed by atoms with van der Waals surface area (Å²) in [5, 5.41) is 12.2. The number of unbranched alkanes of at least 4 members (excludes halogenated alkanes) is 4. The third kappa shape index (κ3) is 4.38. The average Bonchev–Trinajstić information content (AvgIpc) is 3.12. The summed E-state index contributed by atoms with van der Waals surface area (Å²) in [6.07, 6.45) is 1.01. The third-order valence-corrected chi connectivity index (χ3v) is 8.49. The van der Waals surface area contributed by atoms with E-state index in [0.29, 0.717) is 6.42 Å². The zero-order valence-corrected chi connectivity index (χ0v) is 23.4. The topological polar surface area (TPSA) is 135 Å². The molecule has 0 spiro atoms. The van der Waals surface area contributed by atoms with Crippen LogP contribution in [0.2, 0.25) is 0 Å². The second-order valence-corrected chi connectivity index (χ2v) is 11.9. The standard InChI is InChI=1S/C28H40O10/c1-8-9-10-11-12-13-18(30)34-22-20-19(15(2)21(22)31)23-28(33)17(14-26(20,6)36-16(3)29)37-25(4,5)38-27(28,7)24(32)35-23/h17,20,22-23,33H,8-14H2,1-7H3/t17-,20+,22-,23-,26-,27+,28+/m0/s1. The molecule has 0 aromatic carbocycles. The lowest BCUT2D eigenvalue weighted by Gasteiger charge is -2.52. The number of Topliss-reactive ketones (excluding diaryl/α,β-unsaturated/α-hetero) is 1. The van der Waals surface area contributed by atoms with Crippen molar-refractivity contribution < 1.29 is 48.0 Å². The van der Waals surface area contributed by atoms with Crippen LogP contribution >= 0.6 is 0 Å². The fourth-order valence-electron chi connectivity index (χ4n) is 6.80. The smallest absolute Gasteiger partial charge is 0.342 e. The van der Waals surface area contributed by atoms with Crippen LogP contribution in [0, 0.1) is 5.92 Å². The normalized spacial score (nSPS) is 39.3. The first kappa shape index (κ1) is 28.7. The summed E-state index contributed by atoms with van der Waals surface area (Å²) in [7, 11) is 0. The highest BCUT2D eigenvalue weighted by Gasteiger charge is 2.79. The molecule has 1 saturated carbocycles. The molecule has 0 amide bonds. The summed E-state index contributed by atoms with van der Waals surface area (Å²) in [5.74, 6) is -4.69. The Labute approximate surface area is 223 Å². The van der Waals surface area contributed by atoms with Gasteiger partial charge in [0.25, 0.3) is 0 Å². The van der Waals surface area contributed by atoms with Crippen molar-refractivity contribution in [2.75, 3.05) is 0 Å². The van der Waals surface area contributed by atoms with Gasteiger partial charge >= 0.3 is 17.9 Å². The van der Waals surface area contributed by atoms with E-state index < -0.39 is 70.5 Å². The minimum atomic E-state index is -2.04. The van der Waals surface area contributed by atoms with Crippen LogP contribution in [-0.2, 0) is 42.9 Å². The molecule has 0 bridgehead atoms. The first-order valence-electron chi connectivity index (χ1n) is 13.6. The first-order chi connectivity index (χ1) is 17.6. The highest BCUT2D eigenvalue weighted by Crippen LogP contribution is 2.59. The highest BCUT2D eigenvalue weighted by molar-refractivity contribution is 6.04. The van der Waals surface area contributed by atoms with E-state index in [0.717, 1.165) is 25.7 Å². The van der Waals surface area contributed by atoms with Gasteiger partial charge in [0.1, 0.15) is 11.7 Å². The van der Waals surface area contributed by atoms with Crippen molar-refractivity contribution in [3.63, 3.8) is 0 Å². The van der Waals surface area contributed by atoms with Gasteiger partial charge in [0, 0.05) is 19.8 Å². The molecule has 4 rings (SSSR count). The van der Waals surface area contributed by atoms with Crippen LogP contribution < -0.4 is 0 Å². The molecule has 2 aliphatic heterocycles. The first-order valence-corrected chi connectivity index (χ1v) is 13.6. The maximum atomic E-state index is 13.6. The van der Waals surface area contributed by atoms with E-state index >= 15 is 0 Å². The Morgan fingerprint density at radius 2 is 1.74 bits per heavy atom. The molecule has 2 heterocycles. The van der Waals surface area contributed by atoms with Gasteiger partial charge in [-0.3, -0.25) is 14.4 Å². The summed E-state index contributed by atoms with van der Waals surface area (Å²) < 4.78 is 29.5. The molecule has 10 nitrogen and oxygen atoms in total. The maximum absolute atomic E-state index is 13.6. The van der Waals surface area contributed by atoms with Crippen LogP contribution in [0.25, 0.3) is 0 Å². The molecule has 38 heavy (non-hydrogen) atoms. The quantitative estimate of drug-likeness (QED) is 0.280. The van der Waals surface area contributed by atoms with Crippen LogP contribution in [0.5, 0.6) is 0 Å². The van der Waals surface area contributed by atoms with Gasteiger partial charge in [-0.2, -0.15) is 0 Å². The number of hydrogen-bond donors (Lipinski definition) is 1. The Hall–Kier alpha value is -2.30. The number of carbonyl (C=O) groups excluding carboxylic acids is 4. The van der Waals surface area contributed by atoms with Crippen LogP contribution in [-0.4, -0.2) is 69.7 Å². The molecule has 10 heteroatoms. The zero-order chi connectivity index (χ0) is 28.3. The van der Waals surface area contributed by atoms with Crippen LogP contribution in [0.3, 0.4) is 0 Å². The number of hydrogen-bond acceptors (Lipinski definition) is 10. The van der Waals surface area contributed by atoms with Crippen LogP contribution in [0.4, 0.5) is 0 Å². The molecule has 2 aliphatic carbocycles. The van der Waals surface area contributed by atoms with E-state index in [1.807, 2.05) is 0 Å². The number of rotatable bonds is 8. The lowest BCUT2D eigenvalue weighted by molar-refractivity contribution is -0.381. The SMILES string of the molecule is CCCCCCCC(=O)O[C@@H]1C(=O)C(C)=C2[C@H]1[C@@](C)(OC(C)=O)C[C@@H]1OC(C)(C)O[C@]3(C)C(=O)O[C@@H]2[C@]13O. The Morgan fingerprint density at radius 3 is 2.37 bits per heavy atom. The van der Waals surface area contributed by atoms with Crippen molar-refractivity contribution in [2.24, 2.45) is 5.92 Å². The van der Waals surface area contributed by atoms with Crippen molar-refractivity contribution in [3.05, 3.63) is 11.1 Å². The van der Waals surface area contributed by atoms with Crippen LogP contribution in [0.1, 0.15) is 93.4 Å². The number of aliphatic hydroxyl groups is 1. The fraction of sp³-hybridized carbons (Fsp3) is 0.786. The van der Waals surface area contributed by atoms with E-state index in [-0.39, 0.29) is 24.0 Å². The molecule has 0 radical (unpaired) electrons. The summed E-state index contributed by atoms with van der Waals surface area (Å²) >= 11 is 0. The van der Waals surface area contributed by atoms with Gasteiger partial charge in [-0.05, 0) is 52.2 Å². The zero-order valence-electron chi connectivity index (χ0n) is 23.4. The third-order valence-electron chi connectivity index (χ3n) is 8.49. The summed E-state index contributed by atoms with van der Waals surface area (Å²) in [6.45, 7) is 11.2. The van der Waals surface area contributed by atoms with Gasteiger partial charge in [-0.25, -0.2) is 4.79 Å². The maximum Gasteiger partial charge on any atom is 0.342 e. The summed E-state index contributed by atoms with van der Waals surface area (Å²) in [5.41, 5.74) is -4.85. The molecular formula is C28H40O10. The van der Waals surface area contributed by atoms with E-state index in [1.165, 1.54) is 13.8 Å². The van der Waals surface area contributed by atoms with E-state index in [4.69, 9.17) is 23.7 Å². The molecule has 0 aromatic rings. The van der Waals surface area contributed by atoms with Gasteiger partial charge < -0.3 is 28.8 Å². The lowest BCUT2D eigenvalue weighted by atomic mass is 9.74. The highest BCUT2D eigenvalue weighted by atomic mass is 16.8. The Bertz CT molecular complexity index is 1060. The fourth-order valence-corrected chi connectivity index (χ4v) is 6.80. The van der Waals surface area contributed by atoms with Gasteiger partial charge in [0.05, 0.1) is 5.92 Å². The minimum absolute atomic E-state index is 0.0988. The molecule has 4 aliphatic rings. The van der Waals surface area contributed by atoms with E-state index in [1.54, 1.807) is 27.7 Å². The van der Waals surface area contributed by atoms with Crippen molar-refractivity contribution in [1.82, 2.24) is 0 Å². The van der Waals surface area contributed by atoms with Gasteiger partial charge in [0.15, 0.2) is 29.4 Å². The monoisotopic (exact) mass is 536 g/mol. The number of fused-ring (bicyclic) bond motifs is 2. The van der Waals surface area contributed by atoms with E-state index in [2.05, 4.69) is 6.92 Å².